The monoisotopic (exact) mass is 244 g/mol. The van der Waals surface area contributed by atoms with E-state index in [2.05, 4.69) is 10.2 Å². The summed E-state index contributed by atoms with van der Waals surface area (Å²) in [5.41, 5.74) is 0.563. The first-order valence-corrected chi connectivity index (χ1v) is 8.06. The second-order valence-electron chi connectivity index (χ2n) is 5.70. The van der Waals surface area contributed by atoms with Gasteiger partial charge in [0, 0.05) is 19.1 Å². The molecular formula is C11H20N2O2S. The Morgan fingerprint density at radius 1 is 1.19 bits per heavy atom. The van der Waals surface area contributed by atoms with Gasteiger partial charge in [-0.05, 0) is 37.8 Å². The molecule has 0 aromatic rings. The average Bonchev–Trinajstić information content (AvgIpc) is 2.57. The van der Waals surface area contributed by atoms with Crippen LogP contribution in [-0.2, 0) is 9.84 Å². The molecule has 3 aliphatic rings. The molecule has 1 atom stereocenters. The highest BCUT2D eigenvalue weighted by Crippen LogP contribution is 2.36. The van der Waals surface area contributed by atoms with Crippen molar-refractivity contribution in [3.63, 3.8) is 0 Å². The lowest BCUT2D eigenvalue weighted by atomic mass is 9.73. The van der Waals surface area contributed by atoms with Crippen molar-refractivity contribution in [2.75, 3.05) is 37.7 Å². The van der Waals surface area contributed by atoms with Gasteiger partial charge in [0.2, 0.25) is 0 Å². The molecule has 3 heterocycles. The van der Waals surface area contributed by atoms with Crippen LogP contribution in [0.5, 0.6) is 0 Å². The minimum Gasteiger partial charge on any atom is -0.316 e. The van der Waals surface area contributed by atoms with Crippen LogP contribution in [-0.4, -0.2) is 57.0 Å². The number of nitrogens with zero attached hydrogens (tertiary/aromatic N) is 1. The lowest BCUT2D eigenvalue weighted by molar-refractivity contribution is 0.0397. The van der Waals surface area contributed by atoms with Crippen LogP contribution >= 0.6 is 0 Å². The van der Waals surface area contributed by atoms with Gasteiger partial charge in [-0.3, -0.25) is 4.90 Å². The predicted molar refractivity (Wildman–Crippen MR) is 63.2 cm³/mol. The van der Waals surface area contributed by atoms with Crippen LogP contribution in [0.1, 0.15) is 19.3 Å². The molecular weight excluding hydrogens is 224 g/mol. The molecule has 4 nitrogen and oxygen atoms in total. The Kier molecular flexibility index (Phi) is 2.53. The van der Waals surface area contributed by atoms with E-state index in [0.717, 1.165) is 19.5 Å². The predicted octanol–water partition coefficient (Wildman–Crippen LogP) is -0.141. The number of piperidine rings is 1. The number of nitrogens with one attached hydrogen (secondary N) is 1. The van der Waals surface area contributed by atoms with Crippen LogP contribution < -0.4 is 5.32 Å². The lowest BCUT2D eigenvalue weighted by Gasteiger charge is -2.49. The summed E-state index contributed by atoms with van der Waals surface area (Å²) < 4.78 is 22.9. The zero-order valence-corrected chi connectivity index (χ0v) is 10.4. The molecule has 0 aromatic heterocycles. The van der Waals surface area contributed by atoms with Crippen molar-refractivity contribution in [2.45, 2.75) is 25.3 Å². The minimum absolute atomic E-state index is 0.315. The van der Waals surface area contributed by atoms with Gasteiger partial charge >= 0.3 is 0 Å². The molecule has 5 heteroatoms. The van der Waals surface area contributed by atoms with Crippen LogP contribution in [0.25, 0.3) is 0 Å². The van der Waals surface area contributed by atoms with Crippen molar-refractivity contribution in [2.24, 2.45) is 5.41 Å². The molecule has 0 saturated carbocycles. The molecule has 1 spiro atoms. The summed E-state index contributed by atoms with van der Waals surface area (Å²) in [5.74, 6) is 0.805. The summed E-state index contributed by atoms with van der Waals surface area (Å²) in [4.78, 5) is 2.41. The summed E-state index contributed by atoms with van der Waals surface area (Å²) in [6.45, 7) is 4.54. The van der Waals surface area contributed by atoms with Gasteiger partial charge in [-0.25, -0.2) is 8.42 Å². The molecule has 0 aliphatic carbocycles. The standard InChI is InChI=1S/C11H20N2O2S/c14-16(15)6-1-10(7-16)13-4-2-11(3-5-13)8-12-9-11/h10,12H,1-9H2. The zero-order valence-electron chi connectivity index (χ0n) is 9.61. The van der Waals surface area contributed by atoms with E-state index in [1.54, 1.807) is 0 Å². The SMILES string of the molecule is O=S1(=O)CCC(N2CCC3(CC2)CNC3)C1. The van der Waals surface area contributed by atoms with Crippen molar-refractivity contribution in [3.05, 3.63) is 0 Å². The fraction of sp³-hybridized carbons (Fsp3) is 1.00. The lowest BCUT2D eigenvalue weighted by Crippen LogP contribution is -2.59. The highest BCUT2D eigenvalue weighted by atomic mass is 32.2. The number of hydrogen-bond donors (Lipinski definition) is 1. The Bertz CT molecular complexity index is 365. The Morgan fingerprint density at radius 3 is 2.31 bits per heavy atom. The zero-order chi connectivity index (χ0) is 11.2. The number of rotatable bonds is 1. The summed E-state index contributed by atoms with van der Waals surface area (Å²) in [6, 6.07) is 0.315. The molecule has 3 saturated heterocycles. The van der Waals surface area contributed by atoms with Gasteiger partial charge in [-0.15, -0.1) is 0 Å². The summed E-state index contributed by atoms with van der Waals surface area (Å²) in [7, 11) is -2.72. The number of hydrogen-bond acceptors (Lipinski definition) is 4. The van der Waals surface area contributed by atoms with Gasteiger partial charge in [0.1, 0.15) is 0 Å². The number of sulfone groups is 1. The van der Waals surface area contributed by atoms with Crippen molar-refractivity contribution in [1.29, 1.82) is 0 Å². The van der Waals surface area contributed by atoms with E-state index in [4.69, 9.17) is 0 Å². The van der Waals surface area contributed by atoms with Crippen LogP contribution in [0, 0.1) is 5.41 Å². The van der Waals surface area contributed by atoms with Crippen molar-refractivity contribution in [1.82, 2.24) is 10.2 Å². The minimum atomic E-state index is -2.72. The molecule has 0 radical (unpaired) electrons. The second kappa shape index (κ2) is 3.68. The normalized spacial score (nSPS) is 37.4. The van der Waals surface area contributed by atoms with Crippen LogP contribution in [0.3, 0.4) is 0 Å². The molecule has 3 aliphatic heterocycles. The molecule has 1 N–H and O–H groups in total. The van der Waals surface area contributed by atoms with E-state index < -0.39 is 9.84 Å². The first kappa shape index (κ1) is 11.0. The maximum atomic E-state index is 11.4. The van der Waals surface area contributed by atoms with Crippen LogP contribution in [0.2, 0.25) is 0 Å². The second-order valence-corrected chi connectivity index (χ2v) is 7.93. The van der Waals surface area contributed by atoms with E-state index in [0.29, 0.717) is 23.0 Å². The first-order chi connectivity index (χ1) is 7.59. The van der Waals surface area contributed by atoms with E-state index in [9.17, 15) is 8.42 Å². The molecule has 16 heavy (non-hydrogen) atoms. The molecule has 0 bridgehead atoms. The third kappa shape index (κ3) is 1.89. The third-order valence-corrected chi connectivity index (χ3v) is 6.33. The van der Waals surface area contributed by atoms with Gasteiger partial charge in [0.05, 0.1) is 11.5 Å². The fourth-order valence-corrected chi connectivity index (χ4v) is 5.02. The number of likely N-dealkylation sites (tertiary alicyclic amines) is 1. The molecule has 1 unspecified atom stereocenters. The van der Waals surface area contributed by atoms with E-state index in [-0.39, 0.29) is 0 Å². The molecule has 92 valence electrons. The Hall–Kier alpha value is -0.130. The van der Waals surface area contributed by atoms with Crippen LogP contribution in [0.4, 0.5) is 0 Å². The van der Waals surface area contributed by atoms with E-state index in [1.807, 2.05) is 0 Å². The van der Waals surface area contributed by atoms with E-state index in [1.165, 1.54) is 25.9 Å². The largest absolute Gasteiger partial charge is 0.316 e. The van der Waals surface area contributed by atoms with Gasteiger partial charge in [-0.1, -0.05) is 0 Å². The Morgan fingerprint density at radius 2 is 1.88 bits per heavy atom. The van der Waals surface area contributed by atoms with Gasteiger partial charge in [0.25, 0.3) is 0 Å². The Labute approximate surface area is 97.3 Å². The average molecular weight is 244 g/mol. The Balaban J connectivity index is 1.58. The van der Waals surface area contributed by atoms with Gasteiger partial charge in [0.15, 0.2) is 9.84 Å². The third-order valence-electron chi connectivity index (χ3n) is 4.58. The highest BCUT2D eigenvalue weighted by molar-refractivity contribution is 7.91. The van der Waals surface area contributed by atoms with Gasteiger partial charge < -0.3 is 5.32 Å². The van der Waals surface area contributed by atoms with Crippen LogP contribution in [0.15, 0.2) is 0 Å². The topological polar surface area (TPSA) is 49.4 Å². The van der Waals surface area contributed by atoms with Gasteiger partial charge in [-0.2, -0.15) is 0 Å². The molecule has 3 fully saturated rings. The molecule has 3 rings (SSSR count). The van der Waals surface area contributed by atoms with Crippen molar-refractivity contribution < 1.29 is 8.42 Å². The van der Waals surface area contributed by atoms with Crippen molar-refractivity contribution >= 4 is 9.84 Å². The first-order valence-electron chi connectivity index (χ1n) is 6.24. The quantitative estimate of drug-likeness (QED) is 0.697. The smallest absolute Gasteiger partial charge is 0.151 e. The summed E-state index contributed by atoms with van der Waals surface area (Å²) >= 11 is 0. The summed E-state index contributed by atoms with van der Waals surface area (Å²) in [6.07, 6.45) is 3.35. The van der Waals surface area contributed by atoms with Crippen molar-refractivity contribution in [3.8, 4) is 0 Å². The van der Waals surface area contributed by atoms with E-state index >= 15 is 0 Å². The highest BCUT2D eigenvalue weighted by Gasteiger charge is 2.42. The maximum Gasteiger partial charge on any atom is 0.151 e. The maximum absolute atomic E-state index is 11.4. The molecule has 0 aromatic carbocycles. The molecule has 0 amide bonds. The summed E-state index contributed by atoms with van der Waals surface area (Å²) in [5, 5.41) is 3.35. The fourth-order valence-electron chi connectivity index (χ4n) is 3.26.